The van der Waals surface area contributed by atoms with Crippen LogP contribution in [0.2, 0.25) is 0 Å². The summed E-state index contributed by atoms with van der Waals surface area (Å²) in [6, 6.07) is 7.68. The fraction of sp³-hybridized carbons (Fsp3) is 0.579. The number of rotatable bonds is 8. The van der Waals surface area contributed by atoms with E-state index < -0.39 is 0 Å². The molecule has 0 atom stereocenters. The Kier molecular flexibility index (Phi) is 7.73. The maximum Gasteiger partial charge on any atom is 0.260 e. The SMILES string of the molecule is CCCCNC(=O)CN1CCN(C(=O)COc2ccccc2C)CC1. The summed E-state index contributed by atoms with van der Waals surface area (Å²) in [5, 5.41) is 2.93. The van der Waals surface area contributed by atoms with Gasteiger partial charge in [-0.2, -0.15) is 0 Å². The van der Waals surface area contributed by atoms with Crippen LogP contribution in [0, 0.1) is 6.92 Å². The summed E-state index contributed by atoms with van der Waals surface area (Å²) in [5.41, 5.74) is 1.02. The van der Waals surface area contributed by atoms with Gasteiger partial charge >= 0.3 is 0 Å². The maximum absolute atomic E-state index is 12.3. The zero-order chi connectivity index (χ0) is 18.1. The number of aryl methyl sites for hydroxylation is 1. The molecule has 25 heavy (non-hydrogen) atoms. The summed E-state index contributed by atoms with van der Waals surface area (Å²) in [7, 11) is 0. The van der Waals surface area contributed by atoms with Gasteiger partial charge in [-0.15, -0.1) is 0 Å². The van der Waals surface area contributed by atoms with Crippen molar-refractivity contribution in [3.05, 3.63) is 29.8 Å². The van der Waals surface area contributed by atoms with Gasteiger partial charge in [-0.25, -0.2) is 0 Å². The van der Waals surface area contributed by atoms with E-state index in [1.165, 1.54) is 0 Å². The summed E-state index contributed by atoms with van der Waals surface area (Å²) < 4.78 is 5.63. The number of ether oxygens (including phenoxy) is 1. The van der Waals surface area contributed by atoms with E-state index in [1.807, 2.05) is 36.1 Å². The topological polar surface area (TPSA) is 61.9 Å². The van der Waals surface area contributed by atoms with Gasteiger partial charge in [-0.3, -0.25) is 14.5 Å². The van der Waals surface area contributed by atoms with Crippen LogP contribution in [0.5, 0.6) is 5.75 Å². The zero-order valence-corrected chi connectivity index (χ0v) is 15.3. The molecule has 1 saturated heterocycles. The molecule has 6 heteroatoms. The molecule has 138 valence electrons. The smallest absolute Gasteiger partial charge is 0.260 e. The summed E-state index contributed by atoms with van der Waals surface area (Å²) in [5.74, 6) is 0.810. The lowest BCUT2D eigenvalue weighted by Crippen LogP contribution is -2.52. The number of nitrogens with zero attached hydrogens (tertiary/aromatic N) is 2. The number of benzene rings is 1. The van der Waals surface area contributed by atoms with Gasteiger partial charge in [-0.1, -0.05) is 31.5 Å². The molecule has 0 bridgehead atoms. The average molecular weight is 347 g/mol. The molecule has 0 aliphatic carbocycles. The van der Waals surface area contributed by atoms with Crippen molar-refractivity contribution in [2.75, 3.05) is 45.9 Å². The first-order valence-electron chi connectivity index (χ1n) is 9.05. The van der Waals surface area contributed by atoms with Crippen LogP contribution in [0.25, 0.3) is 0 Å². The molecular formula is C19H29N3O3. The van der Waals surface area contributed by atoms with Gasteiger partial charge in [0.25, 0.3) is 5.91 Å². The van der Waals surface area contributed by atoms with E-state index in [9.17, 15) is 9.59 Å². The van der Waals surface area contributed by atoms with E-state index in [0.29, 0.717) is 19.6 Å². The molecule has 1 aliphatic rings. The van der Waals surface area contributed by atoms with Gasteiger partial charge in [0, 0.05) is 32.7 Å². The molecule has 1 aromatic rings. The second-order valence-electron chi connectivity index (χ2n) is 6.41. The predicted octanol–water partition coefficient (Wildman–Crippen LogP) is 1.43. The zero-order valence-electron chi connectivity index (χ0n) is 15.3. The van der Waals surface area contributed by atoms with Crippen LogP contribution < -0.4 is 10.1 Å². The number of amides is 2. The molecule has 1 aromatic carbocycles. The Hall–Kier alpha value is -2.08. The Balaban J connectivity index is 1.68. The minimum atomic E-state index is -0.00435. The van der Waals surface area contributed by atoms with Crippen molar-refractivity contribution >= 4 is 11.8 Å². The number of hydrogen-bond donors (Lipinski definition) is 1. The van der Waals surface area contributed by atoms with E-state index >= 15 is 0 Å². The normalized spacial score (nSPS) is 15.0. The van der Waals surface area contributed by atoms with Crippen LogP contribution in [0.4, 0.5) is 0 Å². The molecular weight excluding hydrogens is 318 g/mol. The molecule has 0 unspecified atom stereocenters. The van der Waals surface area contributed by atoms with E-state index in [0.717, 1.165) is 43.8 Å². The molecule has 0 aromatic heterocycles. The van der Waals surface area contributed by atoms with Crippen molar-refractivity contribution < 1.29 is 14.3 Å². The first-order valence-corrected chi connectivity index (χ1v) is 9.05. The summed E-state index contributed by atoms with van der Waals surface area (Å²) in [6.07, 6.45) is 2.08. The molecule has 1 N–H and O–H groups in total. The first-order chi connectivity index (χ1) is 12.1. The van der Waals surface area contributed by atoms with E-state index in [-0.39, 0.29) is 18.4 Å². The molecule has 1 aliphatic heterocycles. The lowest BCUT2D eigenvalue weighted by molar-refractivity contribution is -0.135. The summed E-state index contributed by atoms with van der Waals surface area (Å²) in [6.45, 7) is 7.98. The van der Waals surface area contributed by atoms with Crippen molar-refractivity contribution in [2.24, 2.45) is 0 Å². The number of carbonyl (C=O) groups excluding carboxylic acids is 2. The Labute approximate surface area is 150 Å². The van der Waals surface area contributed by atoms with Crippen LogP contribution in [0.3, 0.4) is 0 Å². The minimum Gasteiger partial charge on any atom is -0.484 e. The Morgan fingerprint density at radius 3 is 2.56 bits per heavy atom. The van der Waals surface area contributed by atoms with Gasteiger partial charge < -0.3 is 15.0 Å². The Bertz CT molecular complexity index is 569. The third-order valence-electron chi connectivity index (χ3n) is 4.39. The minimum absolute atomic E-state index is 0.00435. The molecule has 1 heterocycles. The number of piperazine rings is 1. The van der Waals surface area contributed by atoms with Crippen LogP contribution in [0.1, 0.15) is 25.3 Å². The highest BCUT2D eigenvalue weighted by molar-refractivity contribution is 5.79. The van der Waals surface area contributed by atoms with Crippen molar-refractivity contribution in [3.8, 4) is 5.75 Å². The van der Waals surface area contributed by atoms with Gasteiger partial charge in [0.05, 0.1) is 6.54 Å². The number of unbranched alkanes of at least 4 members (excludes halogenated alkanes) is 1. The molecule has 0 spiro atoms. The lowest BCUT2D eigenvalue weighted by Gasteiger charge is -2.34. The molecule has 0 saturated carbocycles. The highest BCUT2D eigenvalue weighted by Gasteiger charge is 2.22. The van der Waals surface area contributed by atoms with Crippen LogP contribution in [-0.4, -0.2) is 67.5 Å². The molecule has 6 nitrogen and oxygen atoms in total. The first kappa shape index (κ1) is 19.2. The average Bonchev–Trinajstić information content (AvgIpc) is 2.61. The van der Waals surface area contributed by atoms with Crippen LogP contribution in [0.15, 0.2) is 24.3 Å². The molecule has 2 amide bonds. The van der Waals surface area contributed by atoms with Gasteiger partial charge in [0.2, 0.25) is 5.91 Å². The van der Waals surface area contributed by atoms with Crippen molar-refractivity contribution in [1.82, 2.24) is 15.1 Å². The van der Waals surface area contributed by atoms with Gasteiger partial charge in [0.1, 0.15) is 5.75 Å². The molecule has 0 radical (unpaired) electrons. The fourth-order valence-electron chi connectivity index (χ4n) is 2.77. The van der Waals surface area contributed by atoms with E-state index in [4.69, 9.17) is 4.74 Å². The summed E-state index contributed by atoms with van der Waals surface area (Å²) >= 11 is 0. The lowest BCUT2D eigenvalue weighted by atomic mass is 10.2. The standard InChI is InChI=1S/C19H29N3O3/c1-3-4-9-20-18(23)14-21-10-12-22(13-11-21)19(24)15-25-17-8-6-5-7-16(17)2/h5-8H,3-4,9-15H2,1-2H3,(H,20,23). The van der Waals surface area contributed by atoms with Crippen LogP contribution >= 0.6 is 0 Å². The highest BCUT2D eigenvalue weighted by atomic mass is 16.5. The fourth-order valence-corrected chi connectivity index (χ4v) is 2.77. The number of para-hydroxylation sites is 1. The highest BCUT2D eigenvalue weighted by Crippen LogP contribution is 2.16. The summed E-state index contributed by atoms with van der Waals surface area (Å²) in [4.78, 5) is 28.0. The number of carbonyl (C=O) groups is 2. The Morgan fingerprint density at radius 1 is 1.16 bits per heavy atom. The van der Waals surface area contributed by atoms with Gasteiger partial charge in [-0.05, 0) is 25.0 Å². The number of nitrogens with one attached hydrogen (secondary N) is 1. The Morgan fingerprint density at radius 2 is 1.88 bits per heavy atom. The predicted molar refractivity (Wildman–Crippen MR) is 97.6 cm³/mol. The third kappa shape index (κ3) is 6.38. The third-order valence-corrected chi connectivity index (χ3v) is 4.39. The van der Waals surface area contributed by atoms with Crippen molar-refractivity contribution in [2.45, 2.75) is 26.7 Å². The van der Waals surface area contributed by atoms with E-state index in [2.05, 4.69) is 17.1 Å². The molecule has 2 rings (SSSR count). The van der Waals surface area contributed by atoms with E-state index in [1.54, 1.807) is 0 Å². The second-order valence-corrected chi connectivity index (χ2v) is 6.41. The monoisotopic (exact) mass is 347 g/mol. The van der Waals surface area contributed by atoms with Gasteiger partial charge in [0.15, 0.2) is 6.61 Å². The van der Waals surface area contributed by atoms with Crippen LogP contribution in [-0.2, 0) is 9.59 Å². The quantitative estimate of drug-likeness (QED) is 0.723. The van der Waals surface area contributed by atoms with Crippen molar-refractivity contribution in [3.63, 3.8) is 0 Å². The second kappa shape index (κ2) is 10.0. The largest absolute Gasteiger partial charge is 0.484 e. The number of hydrogen-bond acceptors (Lipinski definition) is 4. The maximum atomic E-state index is 12.3. The molecule has 1 fully saturated rings. The van der Waals surface area contributed by atoms with Crippen molar-refractivity contribution in [1.29, 1.82) is 0 Å².